The lowest BCUT2D eigenvalue weighted by Gasteiger charge is -2.23. The standard InChI is InChI=1S/C14H17NO3S/c1-2-7-15(8-13(16)17)14(18)11-9-19-12-6-4-3-5-10(11)12/h3-6,11H,2,7-9H2,1H3,(H,16,17). The van der Waals surface area contributed by atoms with Crippen LogP contribution in [0.2, 0.25) is 0 Å². The smallest absolute Gasteiger partial charge is 0.323 e. The number of amides is 1. The molecule has 1 N–H and O–H groups in total. The van der Waals surface area contributed by atoms with Gasteiger partial charge < -0.3 is 10.0 Å². The van der Waals surface area contributed by atoms with Gasteiger partial charge >= 0.3 is 5.97 Å². The zero-order valence-corrected chi connectivity index (χ0v) is 11.7. The van der Waals surface area contributed by atoms with Gasteiger partial charge in [-0.2, -0.15) is 0 Å². The molecule has 1 unspecified atom stereocenters. The van der Waals surface area contributed by atoms with Crippen LogP contribution in [0.15, 0.2) is 29.2 Å². The number of carboxylic acid groups (broad SMARTS) is 1. The van der Waals surface area contributed by atoms with Crippen molar-refractivity contribution >= 4 is 23.6 Å². The highest BCUT2D eigenvalue weighted by Crippen LogP contribution is 2.40. The zero-order valence-electron chi connectivity index (χ0n) is 10.8. The molecule has 1 amide bonds. The Morgan fingerprint density at radius 2 is 2.16 bits per heavy atom. The van der Waals surface area contributed by atoms with Gasteiger partial charge in [0.05, 0.1) is 5.92 Å². The minimum Gasteiger partial charge on any atom is -0.480 e. The third-order valence-electron chi connectivity index (χ3n) is 3.13. The molecule has 0 spiro atoms. The number of nitrogens with zero attached hydrogens (tertiary/aromatic N) is 1. The molecule has 0 aromatic heterocycles. The van der Waals surface area contributed by atoms with Crippen LogP contribution in [-0.4, -0.2) is 40.7 Å². The van der Waals surface area contributed by atoms with Crippen molar-refractivity contribution in [1.29, 1.82) is 0 Å². The summed E-state index contributed by atoms with van der Waals surface area (Å²) in [6.45, 7) is 2.23. The van der Waals surface area contributed by atoms with Gasteiger partial charge in [-0.3, -0.25) is 9.59 Å². The van der Waals surface area contributed by atoms with E-state index in [0.29, 0.717) is 12.3 Å². The molecule has 19 heavy (non-hydrogen) atoms. The van der Waals surface area contributed by atoms with E-state index >= 15 is 0 Å². The van der Waals surface area contributed by atoms with E-state index in [2.05, 4.69) is 0 Å². The Bertz CT molecular complexity index is 489. The quantitative estimate of drug-likeness (QED) is 0.897. The summed E-state index contributed by atoms with van der Waals surface area (Å²) in [7, 11) is 0. The van der Waals surface area contributed by atoms with Gasteiger partial charge in [-0.05, 0) is 18.1 Å². The minimum atomic E-state index is -0.958. The largest absolute Gasteiger partial charge is 0.480 e. The molecule has 102 valence electrons. The lowest BCUT2D eigenvalue weighted by Crippen LogP contribution is -2.39. The van der Waals surface area contributed by atoms with Gasteiger partial charge in [0.2, 0.25) is 5.91 Å². The second kappa shape index (κ2) is 6.10. The van der Waals surface area contributed by atoms with Gasteiger partial charge in [-0.15, -0.1) is 11.8 Å². The number of rotatable bonds is 5. The van der Waals surface area contributed by atoms with Crippen LogP contribution in [0.25, 0.3) is 0 Å². The van der Waals surface area contributed by atoms with Crippen LogP contribution in [0.3, 0.4) is 0 Å². The van der Waals surface area contributed by atoms with Gasteiger partial charge in [0.15, 0.2) is 0 Å². The highest BCUT2D eigenvalue weighted by Gasteiger charge is 2.32. The summed E-state index contributed by atoms with van der Waals surface area (Å²) in [6.07, 6.45) is 0.764. The fraction of sp³-hybridized carbons (Fsp3) is 0.429. The monoisotopic (exact) mass is 279 g/mol. The molecule has 1 heterocycles. The van der Waals surface area contributed by atoms with Gasteiger partial charge in [-0.1, -0.05) is 25.1 Å². The summed E-state index contributed by atoms with van der Waals surface area (Å²) in [5.41, 5.74) is 1.03. The predicted molar refractivity (Wildman–Crippen MR) is 74.4 cm³/mol. The maximum Gasteiger partial charge on any atom is 0.323 e. The summed E-state index contributed by atoms with van der Waals surface area (Å²) in [4.78, 5) is 25.9. The second-order valence-corrected chi connectivity index (χ2v) is 5.62. The van der Waals surface area contributed by atoms with E-state index in [9.17, 15) is 9.59 Å². The Labute approximate surface area is 116 Å². The molecular formula is C14H17NO3S. The van der Waals surface area contributed by atoms with Crippen molar-refractivity contribution in [3.8, 4) is 0 Å². The van der Waals surface area contributed by atoms with E-state index in [1.165, 1.54) is 4.90 Å². The number of aliphatic carboxylic acids is 1. The van der Waals surface area contributed by atoms with Crippen LogP contribution >= 0.6 is 11.8 Å². The molecule has 1 aromatic carbocycles. The Kier molecular flexibility index (Phi) is 4.47. The van der Waals surface area contributed by atoms with Gasteiger partial charge in [0.1, 0.15) is 6.54 Å². The molecule has 1 aromatic rings. The van der Waals surface area contributed by atoms with E-state index in [-0.39, 0.29) is 18.4 Å². The van der Waals surface area contributed by atoms with E-state index < -0.39 is 5.97 Å². The lowest BCUT2D eigenvalue weighted by atomic mass is 10.00. The summed E-state index contributed by atoms with van der Waals surface area (Å²) in [5, 5.41) is 8.90. The number of benzene rings is 1. The summed E-state index contributed by atoms with van der Waals surface area (Å²) >= 11 is 1.66. The summed E-state index contributed by atoms with van der Waals surface area (Å²) in [6, 6.07) is 7.85. The average molecular weight is 279 g/mol. The van der Waals surface area contributed by atoms with Crippen LogP contribution in [-0.2, 0) is 9.59 Å². The molecule has 0 saturated heterocycles. The third kappa shape index (κ3) is 3.10. The SMILES string of the molecule is CCCN(CC(=O)O)C(=O)C1CSc2ccccc21. The van der Waals surface area contributed by atoms with Crippen LogP contribution in [0.1, 0.15) is 24.8 Å². The molecule has 1 aliphatic heterocycles. The first-order valence-corrected chi connectivity index (χ1v) is 7.34. The first-order valence-electron chi connectivity index (χ1n) is 6.35. The van der Waals surface area contributed by atoms with Crippen LogP contribution in [0, 0.1) is 0 Å². The van der Waals surface area contributed by atoms with Crippen molar-refractivity contribution in [3.63, 3.8) is 0 Å². The number of carboxylic acids is 1. The molecule has 0 aliphatic carbocycles. The van der Waals surface area contributed by atoms with Gasteiger partial charge in [0, 0.05) is 17.2 Å². The molecule has 2 rings (SSSR count). The molecule has 4 nitrogen and oxygen atoms in total. The molecular weight excluding hydrogens is 262 g/mol. The number of thioether (sulfide) groups is 1. The Morgan fingerprint density at radius 3 is 2.84 bits per heavy atom. The van der Waals surface area contributed by atoms with Crippen molar-refractivity contribution in [2.45, 2.75) is 24.2 Å². The first-order chi connectivity index (χ1) is 9.13. The highest BCUT2D eigenvalue weighted by atomic mass is 32.2. The first kappa shape index (κ1) is 13.9. The maximum atomic E-state index is 12.5. The van der Waals surface area contributed by atoms with Gasteiger partial charge in [-0.25, -0.2) is 0 Å². The molecule has 0 saturated carbocycles. The zero-order chi connectivity index (χ0) is 13.8. The Hall–Kier alpha value is -1.49. The number of hydrogen-bond donors (Lipinski definition) is 1. The third-order valence-corrected chi connectivity index (χ3v) is 4.31. The van der Waals surface area contributed by atoms with E-state index in [0.717, 1.165) is 16.9 Å². The van der Waals surface area contributed by atoms with E-state index in [1.54, 1.807) is 11.8 Å². The van der Waals surface area contributed by atoms with Crippen molar-refractivity contribution in [2.75, 3.05) is 18.8 Å². The van der Waals surface area contributed by atoms with Crippen molar-refractivity contribution in [3.05, 3.63) is 29.8 Å². The molecule has 0 radical (unpaired) electrons. The molecule has 1 atom stereocenters. The highest BCUT2D eigenvalue weighted by molar-refractivity contribution is 7.99. The minimum absolute atomic E-state index is 0.0679. The molecule has 0 fully saturated rings. The number of fused-ring (bicyclic) bond motifs is 1. The number of carbonyl (C=O) groups is 2. The Balaban J connectivity index is 2.17. The van der Waals surface area contributed by atoms with E-state index in [1.807, 2.05) is 31.2 Å². The average Bonchev–Trinajstić information content (AvgIpc) is 2.80. The fourth-order valence-corrected chi connectivity index (χ4v) is 3.51. The maximum absolute atomic E-state index is 12.5. The number of hydrogen-bond acceptors (Lipinski definition) is 3. The topological polar surface area (TPSA) is 57.6 Å². The van der Waals surface area contributed by atoms with Crippen molar-refractivity contribution in [2.24, 2.45) is 0 Å². The fourth-order valence-electron chi connectivity index (χ4n) is 2.29. The van der Waals surface area contributed by atoms with Crippen LogP contribution in [0.5, 0.6) is 0 Å². The summed E-state index contributed by atoms with van der Waals surface area (Å²) < 4.78 is 0. The van der Waals surface area contributed by atoms with Crippen molar-refractivity contribution < 1.29 is 14.7 Å². The summed E-state index contributed by atoms with van der Waals surface area (Å²) in [5.74, 6) is -0.521. The lowest BCUT2D eigenvalue weighted by molar-refractivity contribution is -0.144. The van der Waals surface area contributed by atoms with E-state index in [4.69, 9.17) is 5.11 Å². The molecule has 5 heteroatoms. The normalized spacial score (nSPS) is 17.0. The van der Waals surface area contributed by atoms with Crippen LogP contribution < -0.4 is 0 Å². The molecule has 0 bridgehead atoms. The molecule has 1 aliphatic rings. The second-order valence-electron chi connectivity index (χ2n) is 4.55. The van der Waals surface area contributed by atoms with Crippen molar-refractivity contribution in [1.82, 2.24) is 4.90 Å². The Morgan fingerprint density at radius 1 is 1.42 bits per heavy atom. The predicted octanol–water partition coefficient (Wildman–Crippen LogP) is 2.20. The number of carbonyl (C=O) groups excluding carboxylic acids is 1. The van der Waals surface area contributed by atoms with Crippen LogP contribution in [0.4, 0.5) is 0 Å². The van der Waals surface area contributed by atoms with Gasteiger partial charge in [0.25, 0.3) is 0 Å².